The molecule has 0 bridgehead atoms. The van der Waals surface area contributed by atoms with Gasteiger partial charge in [-0.25, -0.2) is 0 Å². The molecule has 0 spiro atoms. The maximum Gasteiger partial charge on any atom is 0.159 e. The van der Waals surface area contributed by atoms with Crippen molar-refractivity contribution in [3.05, 3.63) is 199 Å². The molecule has 1 aliphatic carbocycles. The molecule has 0 aliphatic heterocycles. The number of para-hydroxylation sites is 1. The number of hydrogen-bond acceptors (Lipinski definition) is 2. The maximum atomic E-state index is 6.85. The summed E-state index contributed by atoms with van der Waals surface area (Å²) >= 11 is 0. The maximum absolute atomic E-state index is 6.85. The predicted molar refractivity (Wildman–Crippen MR) is 232 cm³/mol. The number of anilines is 3. The lowest BCUT2D eigenvalue weighted by molar-refractivity contribution is 0.660. The van der Waals surface area contributed by atoms with Crippen molar-refractivity contribution in [2.45, 2.75) is 19.3 Å². The molecule has 1 heterocycles. The van der Waals surface area contributed by atoms with Gasteiger partial charge in [0.05, 0.1) is 5.69 Å². The molecule has 0 atom stereocenters. The molecule has 2 heteroatoms. The van der Waals surface area contributed by atoms with Crippen LogP contribution in [0.2, 0.25) is 0 Å². The number of furan rings is 1. The van der Waals surface area contributed by atoms with Gasteiger partial charge in [0, 0.05) is 27.6 Å². The highest BCUT2D eigenvalue weighted by Crippen LogP contribution is 2.52. The van der Waals surface area contributed by atoms with Crippen molar-refractivity contribution >= 4 is 60.5 Å². The number of rotatable bonds is 5. The van der Waals surface area contributed by atoms with Gasteiger partial charge in [0.2, 0.25) is 0 Å². The molecule has 10 aromatic rings. The Hall–Kier alpha value is -6.90. The Labute approximate surface area is 320 Å². The fourth-order valence-corrected chi connectivity index (χ4v) is 8.94. The third-order valence-corrected chi connectivity index (χ3v) is 11.8. The Morgan fingerprint density at radius 2 is 0.982 bits per heavy atom. The predicted octanol–water partition coefficient (Wildman–Crippen LogP) is 15.0. The van der Waals surface area contributed by atoms with E-state index in [1.165, 1.54) is 60.5 Å². The van der Waals surface area contributed by atoms with Crippen LogP contribution in [0.25, 0.3) is 76.9 Å². The van der Waals surface area contributed by atoms with Gasteiger partial charge in [0.15, 0.2) is 5.58 Å². The fourth-order valence-electron chi connectivity index (χ4n) is 8.94. The second kappa shape index (κ2) is 12.1. The largest absolute Gasteiger partial charge is 0.454 e. The first kappa shape index (κ1) is 31.6. The molecule has 1 aromatic heterocycles. The van der Waals surface area contributed by atoms with Crippen LogP contribution in [0.4, 0.5) is 17.1 Å². The molecule has 0 fully saturated rings. The van der Waals surface area contributed by atoms with Crippen LogP contribution in [-0.4, -0.2) is 0 Å². The minimum absolute atomic E-state index is 0.144. The second-order valence-electron chi connectivity index (χ2n) is 15.4. The first-order valence-electron chi connectivity index (χ1n) is 19.1. The summed E-state index contributed by atoms with van der Waals surface area (Å²) in [4.78, 5) is 2.40. The molecular formula is C53H37NO. The van der Waals surface area contributed by atoms with Gasteiger partial charge in [-0.2, -0.15) is 0 Å². The number of fused-ring (bicyclic) bond motifs is 8. The molecule has 0 saturated heterocycles. The van der Waals surface area contributed by atoms with Gasteiger partial charge in [0.25, 0.3) is 0 Å². The highest BCUT2D eigenvalue weighted by atomic mass is 16.3. The molecular weight excluding hydrogens is 667 g/mol. The van der Waals surface area contributed by atoms with E-state index in [9.17, 15) is 0 Å². The monoisotopic (exact) mass is 703 g/mol. The lowest BCUT2D eigenvalue weighted by atomic mass is 9.82. The summed E-state index contributed by atoms with van der Waals surface area (Å²) in [7, 11) is 0. The van der Waals surface area contributed by atoms with E-state index in [4.69, 9.17) is 4.42 Å². The Bertz CT molecular complexity index is 3130. The zero-order valence-corrected chi connectivity index (χ0v) is 30.8. The molecule has 55 heavy (non-hydrogen) atoms. The molecule has 0 unspecified atom stereocenters. The first-order chi connectivity index (χ1) is 27.0. The summed E-state index contributed by atoms with van der Waals surface area (Å²) in [6, 6.07) is 68.5. The number of nitrogens with zero attached hydrogens (tertiary/aromatic N) is 1. The minimum Gasteiger partial charge on any atom is -0.454 e. The van der Waals surface area contributed by atoms with E-state index in [-0.39, 0.29) is 5.41 Å². The highest BCUT2D eigenvalue weighted by molar-refractivity contribution is 6.12. The van der Waals surface area contributed by atoms with Crippen LogP contribution >= 0.6 is 0 Å². The van der Waals surface area contributed by atoms with E-state index in [1.54, 1.807) is 0 Å². The van der Waals surface area contributed by atoms with E-state index >= 15 is 0 Å². The lowest BCUT2D eigenvalue weighted by Crippen LogP contribution is -2.16. The van der Waals surface area contributed by atoms with Crippen molar-refractivity contribution < 1.29 is 4.42 Å². The van der Waals surface area contributed by atoms with Gasteiger partial charge in [0.1, 0.15) is 5.58 Å². The van der Waals surface area contributed by atoms with E-state index in [0.717, 1.165) is 44.6 Å². The summed E-state index contributed by atoms with van der Waals surface area (Å²) in [6.45, 7) is 4.70. The van der Waals surface area contributed by atoms with Gasteiger partial charge >= 0.3 is 0 Å². The average molecular weight is 704 g/mol. The SMILES string of the molecule is CC1(C)c2ccccc2-c2ccc(N(c3ccc(-c4ccc5ccccc5c4)cc3)c3cc(-c4ccc5ccccc5c4)cc4c3oc3ccccc34)cc21. The third kappa shape index (κ3) is 5.02. The quantitative estimate of drug-likeness (QED) is 0.177. The molecule has 2 nitrogen and oxygen atoms in total. The van der Waals surface area contributed by atoms with Crippen LogP contribution in [0.5, 0.6) is 0 Å². The van der Waals surface area contributed by atoms with Gasteiger partial charge < -0.3 is 9.32 Å². The smallest absolute Gasteiger partial charge is 0.159 e. The molecule has 0 saturated carbocycles. The second-order valence-corrected chi connectivity index (χ2v) is 15.4. The zero-order chi connectivity index (χ0) is 36.7. The Morgan fingerprint density at radius 1 is 0.400 bits per heavy atom. The van der Waals surface area contributed by atoms with Crippen molar-refractivity contribution in [2.24, 2.45) is 0 Å². The van der Waals surface area contributed by atoms with Crippen LogP contribution < -0.4 is 4.90 Å². The first-order valence-corrected chi connectivity index (χ1v) is 19.1. The van der Waals surface area contributed by atoms with Gasteiger partial charge in [-0.15, -0.1) is 0 Å². The van der Waals surface area contributed by atoms with Crippen molar-refractivity contribution in [1.29, 1.82) is 0 Å². The van der Waals surface area contributed by atoms with E-state index in [0.29, 0.717) is 0 Å². The number of hydrogen-bond donors (Lipinski definition) is 0. The van der Waals surface area contributed by atoms with E-state index in [1.807, 2.05) is 0 Å². The van der Waals surface area contributed by atoms with Crippen LogP contribution in [0, 0.1) is 0 Å². The Balaban J connectivity index is 1.15. The molecule has 11 rings (SSSR count). The van der Waals surface area contributed by atoms with Crippen LogP contribution in [-0.2, 0) is 5.41 Å². The lowest BCUT2D eigenvalue weighted by Gasteiger charge is -2.28. The normalized spacial score (nSPS) is 13.1. The van der Waals surface area contributed by atoms with E-state index in [2.05, 4.69) is 207 Å². The summed E-state index contributed by atoms with van der Waals surface area (Å²) in [6.07, 6.45) is 0. The van der Waals surface area contributed by atoms with Crippen LogP contribution in [0.15, 0.2) is 192 Å². The summed E-state index contributed by atoms with van der Waals surface area (Å²) in [5.41, 5.74) is 14.8. The van der Waals surface area contributed by atoms with E-state index < -0.39 is 0 Å². The van der Waals surface area contributed by atoms with Crippen LogP contribution in [0.3, 0.4) is 0 Å². The van der Waals surface area contributed by atoms with Crippen molar-refractivity contribution in [2.75, 3.05) is 4.90 Å². The van der Waals surface area contributed by atoms with Gasteiger partial charge in [-0.1, -0.05) is 147 Å². The van der Waals surface area contributed by atoms with Crippen molar-refractivity contribution in [1.82, 2.24) is 0 Å². The zero-order valence-electron chi connectivity index (χ0n) is 30.8. The Morgan fingerprint density at radius 3 is 1.73 bits per heavy atom. The molecule has 260 valence electrons. The molecule has 0 amide bonds. The number of benzene rings is 9. The highest BCUT2D eigenvalue weighted by Gasteiger charge is 2.36. The topological polar surface area (TPSA) is 16.4 Å². The molecule has 9 aromatic carbocycles. The Kier molecular flexibility index (Phi) is 6.93. The summed E-state index contributed by atoms with van der Waals surface area (Å²) in [5.74, 6) is 0. The summed E-state index contributed by atoms with van der Waals surface area (Å²) < 4.78 is 6.85. The van der Waals surface area contributed by atoms with Crippen molar-refractivity contribution in [3.8, 4) is 33.4 Å². The molecule has 0 radical (unpaired) electrons. The fraction of sp³-hybridized carbons (Fsp3) is 0.0566. The third-order valence-electron chi connectivity index (χ3n) is 11.8. The standard InChI is InChI=1S/C53H37NO/c1-53(2)48-17-9-7-15-44(48)45-28-27-43(33-49(45)53)54(42-25-23-36(24-26-42)39-21-19-34-11-3-5-13-37(34)29-39)50-32-41(40-22-20-35-12-4-6-14-38(35)30-40)31-47-46-16-8-10-18-51(46)55-52(47)50/h3-33H,1-2H3. The van der Waals surface area contributed by atoms with Gasteiger partial charge in [-0.3, -0.25) is 0 Å². The summed E-state index contributed by atoms with van der Waals surface area (Å²) in [5, 5.41) is 7.15. The van der Waals surface area contributed by atoms with Crippen LogP contribution in [0.1, 0.15) is 25.0 Å². The average Bonchev–Trinajstić information content (AvgIpc) is 3.72. The molecule has 1 aliphatic rings. The minimum atomic E-state index is -0.144. The van der Waals surface area contributed by atoms with Gasteiger partial charge in [-0.05, 0) is 121 Å². The van der Waals surface area contributed by atoms with Crippen molar-refractivity contribution in [3.63, 3.8) is 0 Å². The molecule has 0 N–H and O–H groups in total.